The van der Waals surface area contributed by atoms with Crippen molar-refractivity contribution in [3.05, 3.63) is 120 Å². The van der Waals surface area contributed by atoms with E-state index in [2.05, 4.69) is 88.1 Å². The summed E-state index contributed by atoms with van der Waals surface area (Å²) in [6.45, 7) is 37.2. The van der Waals surface area contributed by atoms with Gasteiger partial charge >= 0.3 is 0 Å². The van der Waals surface area contributed by atoms with Crippen molar-refractivity contribution in [2.45, 2.75) is 134 Å². The Labute approximate surface area is 401 Å². The van der Waals surface area contributed by atoms with Gasteiger partial charge in [0.25, 0.3) is 0 Å². The standard InChI is InChI=1S/C22H24ClFN4.C11H22N2.C10H21N.C3H4N.C2H6.C2H4.Y/c1-14(25)17(15(2)26-3)5-4-6-19-18(8-9-20(23)22(19)24)16-7-10-21-27-11-12-28(21)13-16;1-5-7-10(9(3)13-4)11(12)8-6-2;1-6-7-11-9(2)8-10(3,4)5;1-2-3-4;2*1-2;/h7-13H,4-6,25H2,1-3H3;5-8,12H2,1-4H3;11H,2,6-8H2,1,3-5H3;2,4H,1H2;1-2H3;1-2H2;/q;;;-1;;;/b17-14-,26-15?;11-10-,13-9?;;;;;. The second-order valence-electron chi connectivity index (χ2n) is 14.8. The van der Waals surface area contributed by atoms with Crippen LogP contribution in [0.15, 0.2) is 113 Å². The van der Waals surface area contributed by atoms with Crippen LogP contribution in [0.25, 0.3) is 16.8 Å². The molecule has 0 aliphatic heterocycles. The molecule has 6 N–H and O–H groups in total. The molecule has 0 unspecified atom stereocenters. The molecule has 8 nitrogen and oxygen atoms in total. The van der Waals surface area contributed by atoms with Crippen LogP contribution in [-0.4, -0.2) is 47.7 Å². The van der Waals surface area contributed by atoms with E-state index in [0.29, 0.717) is 17.4 Å². The summed E-state index contributed by atoms with van der Waals surface area (Å²) in [5, 5.41) is 9.52. The fraction of sp³-hybridized carbons (Fsp3) is 0.480. The van der Waals surface area contributed by atoms with Crippen molar-refractivity contribution in [1.29, 1.82) is 5.41 Å². The molecule has 0 saturated heterocycles. The Hall–Kier alpha value is -3.66. The second-order valence-corrected chi connectivity index (χ2v) is 15.2. The molecule has 3 rings (SSSR count). The van der Waals surface area contributed by atoms with Crippen molar-refractivity contribution in [2.75, 3.05) is 20.6 Å². The van der Waals surface area contributed by atoms with Crippen LogP contribution < -0.4 is 16.8 Å². The number of rotatable bonds is 16. The summed E-state index contributed by atoms with van der Waals surface area (Å²) in [7, 11) is 3.57. The fourth-order valence-corrected chi connectivity index (χ4v) is 5.99. The molecule has 3 aromatic rings. The van der Waals surface area contributed by atoms with Gasteiger partial charge in [-0.1, -0.05) is 92.5 Å². The van der Waals surface area contributed by atoms with Crippen LogP contribution in [0.5, 0.6) is 0 Å². The molecule has 2 aromatic heterocycles. The maximum absolute atomic E-state index is 14.9. The number of hydrogen-bond acceptors (Lipinski definition) is 7. The van der Waals surface area contributed by atoms with Gasteiger partial charge in [0.15, 0.2) is 0 Å². The van der Waals surface area contributed by atoms with Gasteiger partial charge in [-0.25, -0.2) is 22.0 Å². The molecule has 339 valence electrons. The number of pyridine rings is 1. The number of hydrogen-bond donors (Lipinski definition) is 4. The average Bonchev–Trinajstić information content (AvgIpc) is 3.71. The van der Waals surface area contributed by atoms with Crippen molar-refractivity contribution >= 4 is 34.9 Å². The number of halogens is 2. The van der Waals surface area contributed by atoms with Gasteiger partial charge in [-0.15, -0.1) is 13.2 Å². The van der Waals surface area contributed by atoms with Crippen molar-refractivity contribution in [1.82, 2.24) is 14.7 Å². The summed E-state index contributed by atoms with van der Waals surface area (Å²) < 4.78 is 16.8. The van der Waals surface area contributed by atoms with Crippen LogP contribution in [0.2, 0.25) is 5.02 Å². The molecule has 11 heteroatoms. The molecule has 1 aromatic carbocycles. The third kappa shape index (κ3) is 27.1. The van der Waals surface area contributed by atoms with Gasteiger partial charge in [0.2, 0.25) is 0 Å². The number of fused-ring (bicyclic) bond motifs is 1. The van der Waals surface area contributed by atoms with Crippen molar-refractivity contribution in [3.63, 3.8) is 0 Å². The molecular formula is C50H81ClFN8Y-. The normalized spacial score (nSPS) is 11.6. The maximum atomic E-state index is 14.9. The minimum absolute atomic E-state index is 0. The first-order valence-corrected chi connectivity index (χ1v) is 21.5. The van der Waals surface area contributed by atoms with Crippen LogP contribution in [0.4, 0.5) is 4.39 Å². The molecule has 1 radical (unpaired) electrons. The summed E-state index contributed by atoms with van der Waals surface area (Å²) in [5.41, 5.74) is 22.8. The summed E-state index contributed by atoms with van der Waals surface area (Å²) in [5.74, 6) is -0.360. The van der Waals surface area contributed by atoms with Gasteiger partial charge in [0.1, 0.15) is 11.5 Å². The summed E-state index contributed by atoms with van der Waals surface area (Å²) >= 11 is 6.08. The molecule has 0 amide bonds. The average molecular weight is 938 g/mol. The van der Waals surface area contributed by atoms with Crippen LogP contribution >= 0.6 is 11.6 Å². The Morgan fingerprint density at radius 3 is 1.98 bits per heavy atom. The number of nitrogens with zero attached hydrogens (tertiary/aromatic N) is 4. The van der Waals surface area contributed by atoms with E-state index in [-0.39, 0.29) is 43.5 Å². The smallest absolute Gasteiger partial charge is 0.145 e. The zero-order chi connectivity index (χ0) is 46.8. The molecule has 0 aliphatic rings. The van der Waals surface area contributed by atoms with E-state index in [0.717, 1.165) is 96.7 Å². The number of benzene rings is 1. The number of nitrogens with two attached hydrogens (primary N) is 2. The van der Waals surface area contributed by atoms with Crippen molar-refractivity contribution in [3.8, 4) is 11.1 Å². The fourth-order valence-electron chi connectivity index (χ4n) is 5.81. The van der Waals surface area contributed by atoms with Gasteiger partial charge in [0, 0.05) is 100 Å². The molecule has 0 fully saturated rings. The van der Waals surface area contributed by atoms with Crippen LogP contribution in [-0.2, 0) is 39.1 Å². The number of allylic oxidation sites excluding steroid dienone is 6. The van der Waals surface area contributed by atoms with Gasteiger partial charge < -0.3 is 26.6 Å². The second kappa shape index (κ2) is 38.1. The number of aliphatic imine (C=N–C) groups is 2. The minimum atomic E-state index is -0.360. The Kier molecular flexibility index (Phi) is 39.9. The topological polar surface area (TPSA) is 130 Å². The first kappa shape index (κ1) is 64.0. The van der Waals surface area contributed by atoms with E-state index in [1.807, 2.05) is 82.9 Å². The SMILES string of the molecule is C=C.C=C(CC(C)(C)C)NCCC.C=C[C-]=N.CC.CCC/C(N)=C(\CCC)C(C)=NC.CN=C(C)/C(CCCc1c(-c2ccc3nccn3c2)ccc(Cl)c1F)=C(/C)N.[Y]. The molecule has 2 heterocycles. The Morgan fingerprint density at radius 2 is 1.51 bits per heavy atom. The first-order valence-electron chi connectivity index (χ1n) is 21.1. The molecule has 0 atom stereocenters. The Morgan fingerprint density at radius 1 is 0.951 bits per heavy atom. The minimum Gasteiger partial charge on any atom is -0.412 e. The van der Waals surface area contributed by atoms with Crippen LogP contribution in [0.3, 0.4) is 0 Å². The van der Waals surface area contributed by atoms with Crippen LogP contribution in [0, 0.1) is 16.6 Å². The zero-order valence-electron chi connectivity index (χ0n) is 40.3. The molecular weight excluding hydrogens is 856 g/mol. The number of aromatic nitrogens is 2. The molecule has 0 bridgehead atoms. The van der Waals surface area contributed by atoms with Gasteiger partial charge in [-0.05, 0) is 117 Å². The quantitative estimate of drug-likeness (QED) is 0.0647. The monoisotopic (exact) mass is 937 g/mol. The van der Waals surface area contributed by atoms with Gasteiger partial charge in [0.05, 0.1) is 5.02 Å². The van der Waals surface area contributed by atoms with Gasteiger partial charge in [-0.2, -0.15) is 6.21 Å². The van der Waals surface area contributed by atoms with Gasteiger partial charge in [-0.3, -0.25) is 9.98 Å². The predicted octanol–water partition coefficient (Wildman–Crippen LogP) is 13.8. The third-order valence-electron chi connectivity index (χ3n) is 8.65. The molecule has 61 heavy (non-hydrogen) atoms. The molecule has 0 spiro atoms. The van der Waals surface area contributed by atoms with E-state index in [1.165, 1.54) is 23.8 Å². The summed E-state index contributed by atoms with van der Waals surface area (Å²) in [6, 6.07) is 7.36. The molecule has 0 aliphatic carbocycles. The van der Waals surface area contributed by atoms with Crippen LogP contribution in [0.1, 0.15) is 133 Å². The summed E-state index contributed by atoms with van der Waals surface area (Å²) in [6.07, 6.45) is 17.3. The van der Waals surface area contributed by atoms with E-state index in [4.69, 9.17) is 28.5 Å². The largest absolute Gasteiger partial charge is 0.412 e. The van der Waals surface area contributed by atoms with Crippen molar-refractivity contribution in [2.24, 2.45) is 26.9 Å². The van der Waals surface area contributed by atoms with E-state index in [9.17, 15) is 4.39 Å². The molecule has 0 saturated carbocycles. The number of nitrogens with one attached hydrogen (secondary N) is 2. The van der Waals surface area contributed by atoms with E-state index in [1.54, 1.807) is 19.3 Å². The Balaban J connectivity index is -0.000000412. The maximum Gasteiger partial charge on any atom is 0.145 e. The first-order chi connectivity index (χ1) is 28.5. The Bertz CT molecular complexity index is 1810. The number of imidazole rings is 1. The zero-order valence-corrected chi connectivity index (χ0v) is 43.9. The third-order valence-corrected chi connectivity index (χ3v) is 8.94. The van der Waals surface area contributed by atoms with E-state index < -0.39 is 0 Å². The summed E-state index contributed by atoms with van der Waals surface area (Å²) in [4.78, 5) is 12.7. The predicted molar refractivity (Wildman–Crippen MR) is 267 cm³/mol. The van der Waals surface area contributed by atoms with E-state index >= 15 is 0 Å². The van der Waals surface area contributed by atoms with Crippen molar-refractivity contribution < 1.29 is 37.1 Å².